The standard InChI is InChI=1S/C18H26N6/c1-3-15(2)20-18-21-17(13-19-22-18)24-11-9-23(10-12-24)14-16-7-5-4-6-8-16/h4-8,13,15H,3,9-12,14H2,1-2H3,(H,20,21,22). The zero-order chi connectivity index (χ0) is 16.8. The maximum atomic E-state index is 4.62. The van der Waals surface area contributed by atoms with Crippen LogP contribution in [-0.2, 0) is 6.54 Å². The summed E-state index contributed by atoms with van der Waals surface area (Å²) in [5.41, 5.74) is 1.37. The van der Waals surface area contributed by atoms with Crippen LogP contribution in [0, 0.1) is 0 Å². The number of hydrogen-bond acceptors (Lipinski definition) is 6. The molecule has 2 heterocycles. The van der Waals surface area contributed by atoms with Crippen molar-refractivity contribution in [2.75, 3.05) is 36.4 Å². The highest BCUT2D eigenvalue weighted by Crippen LogP contribution is 2.15. The van der Waals surface area contributed by atoms with Crippen LogP contribution in [0.2, 0.25) is 0 Å². The molecule has 0 aliphatic carbocycles. The molecular formula is C18H26N6. The van der Waals surface area contributed by atoms with Crippen molar-refractivity contribution < 1.29 is 0 Å². The molecule has 1 atom stereocenters. The van der Waals surface area contributed by atoms with Gasteiger partial charge in [-0.25, -0.2) is 0 Å². The van der Waals surface area contributed by atoms with Crippen molar-refractivity contribution in [1.82, 2.24) is 20.1 Å². The summed E-state index contributed by atoms with van der Waals surface area (Å²) in [7, 11) is 0. The molecule has 0 amide bonds. The van der Waals surface area contributed by atoms with Crippen LogP contribution < -0.4 is 10.2 Å². The molecule has 1 saturated heterocycles. The Bertz CT molecular complexity index is 624. The lowest BCUT2D eigenvalue weighted by molar-refractivity contribution is 0.249. The molecule has 3 rings (SSSR count). The Kier molecular flexibility index (Phi) is 5.59. The first-order valence-electron chi connectivity index (χ1n) is 8.72. The van der Waals surface area contributed by atoms with Gasteiger partial charge in [0.25, 0.3) is 0 Å². The summed E-state index contributed by atoms with van der Waals surface area (Å²) in [5, 5.41) is 11.5. The van der Waals surface area contributed by atoms with Crippen LogP contribution in [0.4, 0.5) is 11.8 Å². The minimum absolute atomic E-state index is 0.352. The lowest BCUT2D eigenvalue weighted by Crippen LogP contribution is -2.46. The van der Waals surface area contributed by atoms with Crippen LogP contribution in [0.5, 0.6) is 0 Å². The zero-order valence-electron chi connectivity index (χ0n) is 14.5. The number of piperazine rings is 1. The third-order valence-corrected chi connectivity index (χ3v) is 4.48. The largest absolute Gasteiger partial charge is 0.353 e. The van der Waals surface area contributed by atoms with E-state index in [1.807, 2.05) is 0 Å². The third-order valence-electron chi connectivity index (χ3n) is 4.48. The Balaban J connectivity index is 1.55. The molecule has 1 aliphatic heterocycles. The first kappa shape index (κ1) is 16.6. The van der Waals surface area contributed by atoms with E-state index < -0.39 is 0 Å². The topological polar surface area (TPSA) is 57.2 Å². The lowest BCUT2D eigenvalue weighted by atomic mass is 10.2. The summed E-state index contributed by atoms with van der Waals surface area (Å²) in [5.74, 6) is 1.53. The first-order chi connectivity index (χ1) is 11.7. The Labute approximate surface area is 143 Å². The molecule has 6 heteroatoms. The van der Waals surface area contributed by atoms with E-state index in [0.29, 0.717) is 12.0 Å². The van der Waals surface area contributed by atoms with Crippen molar-refractivity contribution in [3.05, 3.63) is 42.1 Å². The van der Waals surface area contributed by atoms with Gasteiger partial charge in [0.15, 0.2) is 5.82 Å². The van der Waals surface area contributed by atoms with Gasteiger partial charge in [-0.15, -0.1) is 5.10 Å². The van der Waals surface area contributed by atoms with Crippen LogP contribution in [0.1, 0.15) is 25.8 Å². The fourth-order valence-corrected chi connectivity index (χ4v) is 2.81. The quantitative estimate of drug-likeness (QED) is 0.880. The summed E-state index contributed by atoms with van der Waals surface area (Å²) in [6.45, 7) is 9.28. The van der Waals surface area contributed by atoms with Gasteiger partial charge >= 0.3 is 0 Å². The van der Waals surface area contributed by atoms with Gasteiger partial charge in [-0.2, -0.15) is 10.1 Å². The minimum Gasteiger partial charge on any atom is -0.353 e. The number of anilines is 2. The number of aromatic nitrogens is 3. The second kappa shape index (κ2) is 8.06. The van der Waals surface area contributed by atoms with E-state index in [4.69, 9.17) is 0 Å². The summed E-state index contributed by atoms with van der Waals surface area (Å²) in [4.78, 5) is 9.39. The van der Waals surface area contributed by atoms with Gasteiger partial charge in [0.05, 0.1) is 6.20 Å². The molecule has 1 aliphatic rings. The summed E-state index contributed by atoms with van der Waals surface area (Å²) in [6, 6.07) is 11.0. The van der Waals surface area contributed by atoms with Crippen LogP contribution in [0.3, 0.4) is 0 Å². The molecular weight excluding hydrogens is 300 g/mol. The van der Waals surface area contributed by atoms with E-state index in [1.54, 1.807) is 6.20 Å². The summed E-state index contributed by atoms with van der Waals surface area (Å²) >= 11 is 0. The van der Waals surface area contributed by atoms with Crippen LogP contribution in [0.15, 0.2) is 36.5 Å². The van der Waals surface area contributed by atoms with E-state index in [0.717, 1.165) is 45.0 Å². The Morgan fingerprint density at radius 3 is 2.58 bits per heavy atom. The van der Waals surface area contributed by atoms with Gasteiger partial charge in [0.2, 0.25) is 5.95 Å². The van der Waals surface area contributed by atoms with Crippen molar-refractivity contribution >= 4 is 11.8 Å². The number of nitrogens with one attached hydrogen (secondary N) is 1. The van der Waals surface area contributed by atoms with E-state index in [1.165, 1.54) is 5.56 Å². The van der Waals surface area contributed by atoms with Gasteiger partial charge in [-0.3, -0.25) is 4.90 Å². The Morgan fingerprint density at radius 1 is 1.12 bits per heavy atom. The number of benzene rings is 1. The number of rotatable bonds is 6. The zero-order valence-corrected chi connectivity index (χ0v) is 14.5. The first-order valence-corrected chi connectivity index (χ1v) is 8.72. The van der Waals surface area contributed by atoms with Gasteiger partial charge in [0.1, 0.15) is 0 Å². The molecule has 0 radical (unpaired) electrons. The molecule has 1 fully saturated rings. The molecule has 0 bridgehead atoms. The van der Waals surface area contributed by atoms with Gasteiger partial charge in [-0.1, -0.05) is 37.3 Å². The van der Waals surface area contributed by atoms with Crippen LogP contribution in [0.25, 0.3) is 0 Å². The molecule has 2 aromatic rings. The highest BCUT2D eigenvalue weighted by Gasteiger charge is 2.19. The van der Waals surface area contributed by atoms with Gasteiger partial charge in [-0.05, 0) is 18.9 Å². The minimum atomic E-state index is 0.352. The molecule has 1 aromatic carbocycles. The summed E-state index contributed by atoms with van der Waals surface area (Å²) < 4.78 is 0. The van der Waals surface area contributed by atoms with E-state index >= 15 is 0 Å². The SMILES string of the molecule is CCC(C)Nc1nncc(N2CCN(Cc3ccccc3)CC2)n1. The third kappa shape index (κ3) is 4.41. The molecule has 1 unspecified atom stereocenters. The van der Waals surface area contributed by atoms with E-state index in [-0.39, 0.29) is 0 Å². The highest BCUT2D eigenvalue weighted by atomic mass is 15.3. The highest BCUT2D eigenvalue weighted by molar-refractivity contribution is 5.41. The molecule has 1 aromatic heterocycles. The van der Waals surface area contributed by atoms with Crippen LogP contribution in [-0.4, -0.2) is 52.3 Å². The average molecular weight is 326 g/mol. The van der Waals surface area contributed by atoms with Gasteiger partial charge in [0, 0.05) is 38.8 Å². The Hall–Kier alpha value is -2.21. The predicted octanol–water partition coefficient (Wildman–Crippen LogP) is 2.40. The normalized spacial score (nSPS) is 16.8. The van der Waals surface area contributed by atoms with E-state index in [9.17, 15) is 0 Å². The monoisotopic (exact) mass is 326 g/mol. The van der Waals surface area contributed by atoms with Crippen molar-refractivity contribution in [3.63, 3.8) is 0 Å². The number of nitrogens with zero attached hydrogens (tertiary/aromatic N) is 5. The fourth-order valence-electron chi connectivity index (χ4n) is 2.81. The Morgan fingerprint density at radius 2 is 1.88 bits per heavy atom. The molecule has 0 spiro atoms. The molecule has 0 saturated carbocycles. The van der Waals surface area contributed by atoms with Crippen LogP contribution >= 0.6 is 0 Å². The van der Waals surface area contributed by atoms with Crippen molar-refractivity contribution in [1.29, 1.82) is 0 Å². The fraction of sp³-hybridized carbons (Fsp3) is 0.500. The van der Waals surface area contributed by atoms with E-state index in [2.05, 4.69) is 74.5 Å². The predicted molar refractivity (Wildman–Crippen MR) is 97.1 cm³/mol. The van der Waals surface area contributed by atoms with Crippen molar-refractivity contribution in [2.45, 2.75) is 32.9 Å². The number of hydrogen-bond donors (Lipinski definition) is 1. The smallest absolute Gasteiger partial charge is 0.244 e. The average Bonchev–Trinajstić information content (AvgIpc) is 2.63. The lowest BCUT2D eigenvalue weighted by Gasteiger charge is -2.35. The van der Waals surface area contributed by atoms with Gasteiger partial charge < -0.3 is 10.2 Å². The second-order valence-electron chi connectivity index (χ2n) is 6.34. The maximum Gasteiger partial charge on any atom is 0.244 e. The van der Waals surface area contributed by atoms with Crippen molar-refractivity contribution in [3.8, 4) is 0 Å². The molecule has 128 valence electrons. The second-order valence-corrected chi connectivity index (χ2v) is 6.34. The maximum absolute atomic E-state index is 4.62. The molecule has 1 N–H and O–H groups in total. The summed E-state index contributed by atoms with van der Waals surface area (Å²) in [6.07, 6.45) is 2.79. The molecule has 6 nitrogen and oxygen atoms in total. The molecule has 24 heavy (non-hydrogen) atoms. The van der Waals surface area contributed by atoms with Crippen molar-refractivity contribution in [2.24, 2.45) is 0 Å².